The molecule has 0 saturated heterocycles. The lowest BCUT2D eigenvalue weighted by Crippen LogP contribution is -2.34. The summed E-state index contributed by atoms with van der Waals surface area (Å²) in [5.74, 6) is -2.62. The third kappa shape index (κ3) is 2.54. The third-order valence-electron chi connectivity index (χ3n) is 3.63. The van der Waals surface area contributed by atoms with Crippen LogP contribution in [0, 0.1) is 6.92 Å². The van der Waals surface area contributed by atoms with Crippen LogP contribution in [-0.2, 0) is 4.79 Å². The van der Waals surface area contributed by atoms with Gasteiger partial charge in [-0.2, -0.15) is 0 Å². The lowest BCUT2D eigenvalue weighted by molar-refractivity contribution is -0.137. The molecule has 0 fully saturated rings. The number of anilines is 1. The molecule has 0 spiro atoms. The number of imide groups is 1. The van der Waals surface area contributed by atoms with Crippen LogP contribution < -0.4 is 5.32 Å². The number of nitrogens with one attached hydrogen (secondary N) is 1. The van der Waals surface area contributed by atoms with Crippen molar-refractivity contribution in [2.45, 2.75) is 6.92 Å². The topological polar surface area (TPSA) is 117 Å². The zero-order valence-electron chi connectivity index (χ0n) is 12.5. The van der Waals surface area contributed by atoms with Gasteiger partial charge in [0, 0.05) is 5.69 Å². The fourth-order valence-corrected chi connectivity index (χ4v) is 2.47. The number of furan rings is 1. The molecule has 0 aliphatic carbocycles. The normalized spacial score (nSPS) is 13.1. The number of rotatable bonds is 4. The van der Waals surface area contributed by atoms with Gasteiger partial charge in [-0.15, -0.1) is 0 Å². The molecule has 2 N–H and O–H groups in total. The van der Waals surface area contributed by atoms with Crippen LogP contribution in [0.1, 0.15) is 36.8 Å². The Kier molecular flexibility index (Phi) is 3.64. The average Bonchev–Trinajstić information content (AvgIpc) is 3.05. The minimum atomic E-state index is -1.28. The van der Waals surface area contributed by atoms with Gasteiger partial charge in [0.1, 0.15) is 12.3 Å². The molecule has 2 aromatic rings. The second-order valence-electron chi connectivity index (χ2n) is 5.20. The fourth-order valence-electron chi connectivity index (χ4n) is 2.47. The summed E-state index contributed by atoms with van der Waals surface area (Å²) in [6.45, 7) is 0.936. The molecule has 8 nitrogen and oxygen atoms in total. The van der Waals surface area contributed by atoms with E-state index in [-0.39, 0.29) is 11.1 Å². The molecule has 0 bridgehead atoms. The summed E-state index contributed by atoms with van der Waals surface area (Å²) < 4.78 is 5.06. The van der Waals surface area contributed by atoms with Crippen molar-refractivity contribution in [1.29, 1.82) is 0 Å². The first-order chi connectivity index (χ1) is 11.4. The molecule has 1 aromatic heterocycles. The predicted molar refractivity (Wildman–Crippen MR) is 80.8 cm³/mol. The van der Waals surface area contributed by atoms with Crippen molar-refractivity contribution < 1.29 is 28.7 Å². The van der Waals surface area contributed by atoms with Gasteiger partial charge in [0.05, 0.1) is 23.0 Å². The van der Waals surface area contributed by atoms with E-state index in [2.05, 4.69) is 5.32 Å². The van der Waals surface area contributed by atoms with E-state index in [1.165, 1.54) is 30.5 Å². The molecule has 122 valence electrons. The van der Waals surface area contributed by atoms with E-state index in [0.717, 1.165) is 0 Å². The molecule has 1 aliphatic rings. The summed E-state index contributed by atoms with van der Waals surface area (Å²) in [6, 6.07) is 5.73. The minimum absolute atomic E-state index is 0.0583. The lowest BCUT2D eigenvalue weighted by atomic mass is 10.1. The van der Waals surface area contributed by atoms with Gasteiger partial charge in [-0.05, 0) is 31.2 Å². The second-order valence-corrected chi connectivity index (χ2v) is 5.20. The van der Waals surface area contributed by atoms with Crippen LogP contribution in [-0.4, -0.2) is 40.2 Å². The van der Waals surface area contributed by atoms with E-state index >= 15 is 0 Å². The van der Waals surface area contributed by atoms with Crippen LogP contribution in [0.5, 0.6) is 0 Å². The van der Waals surface area contributed by atoms with Crippen molar-refractivity contribution >= 4 is 29.4 Å². The molecule has 24 heavy (non-hydrogen) atoms. The number of aryl methyl sites for hydroxylation is 1. The predicted octanol–water partition coefficient (Wildman–Crippen LogP) is 1.52. The molecule has 1 aromatic carbocycles. The molecule has 8 heteroatoms. The zero-order chi connectivity index (χ0) is 17.4. The molecule has 0 atom stereocenters. The van der Waals surface area contributed by atoms with Gasteiger partial charge >= 0.3 is 5.97 Å². The average molecular weight is 328 g/mol. The van der Waals surface area contributed by atoms with E-state index in [1.807, 2.05) is 0 Å². The maximum Gasteiger partial charge on any atom is 0.323 e. The van der Waals surface area contributed by atoms with Gasteiger partial charge in [-0.1, -0.05) is 0 Å². The number of carbonyl (C=O) groups is 4. The van der Waals surface area contributed by atoms with Crippen LogP contribution in [0.3, 0.4) is 0 Å². The fraction of sp³-hybridized carbons (Fsp3) is 0.125. The van der Waals surface area contributed by atoms with Crippen molar-refractivity contribution in [2.75, 3.05) is 11.9 Å². The zero-order valence-corrected chi connectivity index (χ0v) is 12.5. The van der Waals surface area contributed by atoms with Gasteiger partial charge in [-0.3, -0.25) is 24.1 Å². The number of benzene rings is 1. The van der Waals surface area contributed by atoms with Gasteiger partial charge in [0.15, 0.2) is 0 Å². The summed E-state index contributed by atoms with van der Waals surface area (Å²) in [4.78, 5) is 47.8. The summed E-state index contributed by atoms with van der Waals surface area (Å²) in [6.07, 6.45) is 1.39. The molecule has 1 aliphatic heterocycles. The van der Waals surface area contributed by atoms with E-state index in [1.54, 1.807) is 6.92 Å². The van der Waals surface area contributed by atoms with Crippen molar-refractivity contribution in [3.8, 4) is 0 Å². The maximum absolute atomic E-state index is 12.2. The molecule has 3 amide bonds. The van der Waals surface area contributed by atoms with E-state index in [9.17, 15) is 19.2 Å². The first-order valence-electron chi connectivity index (χ1n) is 6.96. The Balaban J connectivity index is 1.86. The summed E-state index contributed by atoms with van der Waals surface area (Å²) in [5.41, 5.74) is 0.838. The Bertz CT molecular complexity index is 882. The van der Waals surface area contributed by atoms with Crippen molar-refractivity contribution in [1.82, 2.24) is 4.90 Å². The molecule has 0 saturated carbocycles. The maximum atomic E-state index is 12.2. The Morgan fingerprint density at radius 1 is 1.17 bits per heavy atom. The number of carboxylic acid groups (broad SMARTS) is 1. The van der Waals surface area contributed by atoms with E-state index < -0.39 is 30.2 Å². The first-order valence-corrected chi connectivity index (χ1v) is 6.96. The molecule has 0 unspecified atom stereocenters. The SMILES string of the molecule is Cc1occc1C(=O)Nc1ccc2c(c1)C(=O)N(CC(=O)O)C2=O. The van der Waals surface area contributed by atoms with Gasteiger partial charge < -0.3 is 14.8 Å². The van der Waals surface area contributed by atoms with Crippen LogP contribution in [0.4, 0.5) is 5.69 Å². The monoisotopic (exact) mass is 328 g/mol. The first kappa shape index (κ1) is 15.5. The van der Waals surface area contributed by atoms with E-state index in [4.69, 9.17) is 9.52 Å². The van der Waals surface area contributed by atoms with Crippen molar-refractivity contribution in [3.63, 3.8) is 0 Å². The Morgan fingerprint density at radius 2 is 1.88 bits per heavy atom. The third-order valence-corrected chi connectivity index (χ3v) is 3.63. The van der Waals surface area contributed by atoms with E-state index in [0.29, 0.717) is 21.9 Å². The summed E-state index contributed by atoms with van der Waals surface area (Å²) >= 11 is 0. The second kappa shape index (κ2) is 5.65. The van der Waals surface area contributed by atoms with Gasteiger partial charge in [0.25, 0.3) is 17.7 Å². The number of fused-ring (bicyclic) bond motifs is 1. The minimum Gasteiger partial charge on any atom is -0.480 e. The highest BCUT2D eigenvalue weighted by molar-refractivity contribution is 6.22. The number of amides is 3. The smallest absolute Gasteiger partial charge is 0.323 e. The number of hydrogen-bond donors (Lipinski definition) is 2. The molecule has 2 heterocycles. The molecule has 0 radical (unpaired) electrons. The summed E-state index contributed by atoms with van der Waals surface area (Å²) in [5, 5.41) is 11.4. The number of nitrogens with zero attached hydrogens (tertiary/aromatic N) is 1. The summed E-state index contributed by atoms with van der Waals surface area (Å²) in [7, 11) is 0. The molecule has 3 rings (SSSR count). The van der Waals surface area contributed by atoms with Crippen LogP contribution in [0.15, 0.2) is 34.9 Å². The van der Waals surface area contributed by atoms with Gasteiger partial charge in [0.2, 0.25) is 0 Å². The lowest BCUT2D eigenvalue weighted by Gasteiger charge is -2.09. The van der Waals surface area contributed by atoms with Crippen molar-refractivity contribution in [2.24, 2.45) is 0 Å². The number of carbonyl (C=O) groups excluding carboxylic acids is 3. The number of aliphatic carboxylic acids is 1. The molecular formula is C16H12N2O6. The molecular weight excluding hydrogens is 316 g/mol. The Hall–Kier alpha value is -3.42. The highest BCUT2D eigenvalue weighted by Crippen LogP contribution is 2.26. The Morgan fingerprint density at radius 3 is 2.50 bits per heavy atom. The number of carboxylic acids is 1. The number of hydrogen-bond acceptors (Lipinski definition) is 5. The largest absolute Gasteiger partial charge is 0.480 e. The van der Waals surface area contributed by atoms with Crippen LogP contribution in [0.2, 0.25) is 0 Å². The van der Waals surface area contributed by atoms with Crippen molar-refractivity contribution in [3.05, 3.63) is 53.0 Å². The standard InChI is InChI=1S/C16H12N2O6/c1-8-10(4-5-24-8)14(21)17-9-2-3-11-12(6-9)16(23)18(15(11)22)7-13(19)20/h2-6H,7H2,1H3,(H,17,21)(H,19,20). The van der Waals surface area contributed by atoms with Gasteiger partial charge in [-0.25, -0.2) is 0 Å². The highest BCUT2D eigenvalue weighted by Gasteiger charge is 2.36. The van der Waals surface area contributed by atoms with Crippen LogP contribution in [0.25, 0.3) is 0 Å². The highest BCUT2D eigenvalue weighted by atomic mass is 16.4. The van der Waals surface area contributed by atoms with Crippen LogP contribution >= 0.6 is 0 Å². The quantitative estimate of drug-likeness (QED) is 0.822. The Labute approximate surface area is 135 Å².